The van der Waals surface area contributed by atoms with Crippen LogP contribution in [0.25, 0.3) is 0 Å². The van der Waals surface area contributed by atoms with Crippen LogP contribution in [0.5, 0.6) is 0 Å². The average molecular weight is 278 g/mol. The molecule has 0 saturated heterocycles. The molecule has 100 valence electrons. The molecule has 0 bridgehead atoms. The first-order valence-corrected chi connectivity index (χ1v) is 6.37. The van der Waals surface area contributed by atoms with Gasteiger partial charge in [0.05, 0.1) is 12.2 Å². The maximum atomic E-state index is 12.0. The van der Waals surface area contributed by atoms with Crippen LogP contribution in [0, 0.1) is 0 Å². The van der Waals surface area contributed by atoms with E-state index in [1.165, 1.54) is 24.3 Å². The van der Waals surface area contributed by atoms with Gasteiger partial charge in [-0.1, -0.05) is 19.1 Å². The summed E-state index contributed by atoms with van der Waals surface area (Å²) < 4.78 is 40.8. The van der Waals surface area contributed by atoms with E-state index in [1.54, 1.807) is 0 Å². The lowest BCUT2D eigenvalue weighted by Crippen LogP contribution is -2.06. The van der Waals surface area contributed by atoms with Gasteiger partial charge in [-0.3, -0.25) is 0 Å². The van der Waals surface area contributed by atoms with Crippen LogP contribution in [-0.4, -0.2) is 18.1 Å². The Kier molecular flexibility index (Phi) is 5.53. The summed E-state index contributed by atoms with van der Waals surface area (Å²) in [5.74, 6) is -0.611. The summed E-state index contributed by atoms with van der Waals surface area (Å²) in [6.45, 7) is 2.22. The first-order chi connectivity index (χ1) is 8.42. The number of rotatable bonds is 5. The third-order valence-electron chi connectivity index (χ3n) is 2.03. The van der Waals surface area contributed by atoms with E-state index in [4.69, 9.17) is 4.74 Å². The summed E-state index contributed by atoms with van der Waals surface area (Å²) in [7, 11) is 0. The Bertz CT molecular complexity index is 387. The van der Waals surface area contributed by atoms with Crippen molar-refractivity contribution < 1.29 is 22.7 Å². The second-order valence-electron chi connectivity index (χ2n) is 3.57. The summed E-state index contributed by atoms with van der Waals surface area (Å²) in [6, 6.07) is 5.96. The monoisotopic (exact) mass is 278 g/mol. The number of hydrogen-bond acceptors (Lipinski definition) is 3. The van der Waals surface area contributed by atoms with Crippen LogP contribution >= 0.6 is 11.8 Å². The number of hydrogen-bond donors (Lipinski definition) is 0. The van der Waals surface area contributed by atoms with Crippen LogP contribution < -0.4 is 0 Å². The smallest absolute Gasteiger partial charge is 0.442 e. The molecular formula is C12H13F3O2S. The van der Waals surface area contributed by atoms with E-state index in [0.717, 1.165) is 6.42 Å². The number of thioether (sulfide) groups is 1. The number of ether oxygens (including phenoxy) is 1. The summed E-state index contributed by atoms with van der Waals surface area (Å²) in [5.41, 5.74) is -3.37. The topological polar surface area (TPSA) is 26.3 Å². The Morgan fingerprint density at radius 2 is 1.89 bits per heavy atom. The Morgan fingerprint density at radius 3 is 2.39 bits per heavy atom. The number of carbonyl (C=O) groups excluding carboxylic acids is 1. The van der Waals surface area contributed by atoms with Crippen molar-refractivity contribution in [1.82, 2.24) is 0 Å². The minimum absolute atomic E-state index is 0.101. The molecule has 0 heterocycles. The highest BCUT2D eigenvalue weighted by Crippen LogP contribution is 2.32. The molecule has 0 spiro atoms. The SMILES string of the molecule is CCCOC(=O)c1ccc(CSC(F)(F)F)cc1. The van der Waals surface area contributed by atoms with Crippen LogP contribution in [-0.2, 0) is 10.5 Å². The van der Waals surface area contributed by atoms with Crippen molar-refractivity contribution in [2.75, 3.05) is 6.61 Å². The molecule has 0 amide bonds. The zero-order valence-electron chi connectivity index (χ0n) is 9.79. The minimum atomic E-state index is -4.24. The van der Waals surface area contributed by atoms with E-state index in [0.29, 0.717) is 17.7 Å². The number of benzene rings is 1. The van der Waals surface area contributed by atoms with Crippen molar-refractivity contribution >= 4 is 17.7 Å². The second-order valence-corrected chi connectivity index (χ2v) is 4.61. The highest BCUT2D eigenvalue weighted by Gasteiger charge is 2.27. The van der Waals surface area contributed by atoms with Crippen molar-refractivity contribution in [3.05, 3.63) is 35.4 Å². The standard InChI is InChI=1S/C12H13F3O2S/c1-2-7-17-11(16)10-5-3-9(4-6-10)8-18-12(13,14)15/h3-6H,2,7-8H2,1H3. The van der Waals surface area contributed by atoms with Crippen LogP contribution in [0.2, 0.25) is 0 Å². The molecule has 0 fully saturated rings. The van der Waals surface area contributed by atoms with Gasteiger partial charge in [0.2, 0.25) is 0 Å². The highest BCUT2D eigenvalue weighted by molar-refractivity contribution is 7.99. The second kappa shape index (κ2) is 6.68. The van der Waals surface area contributed by atoms with Crippen LogP contribution in [0.3, 0.4) is 0 Å². The first-order valence-electron chi connectivity index (χ1n) is 5.39. The molecule has 1 aromatic rings. The molecule has 0 atom stereocenters. The van der Waals surface area contributed by atoms with Gasteiger partial charge in [0.25, 0.3) is 0 Å². The Morgan fingerprint density at radius 1 is 1.28 bits per heavy atom. The first kappa shape index (κ1) is 14.9. The molecule has 2 nitrogen and oxygen atoms in total. The van der Waals surface area contributed by atoms with Crippen molar-refractivity contribution in [3.8, 4) is 0 Å². The van der Waals surface area contributed by atoms with Gasteiger partial charge in [0.1, 0.15) is 0 Å². The van der Waals surface area contributed by atoms with Crippen molar-refractivity contribution in [2.45, 2.75) is 24.6 Å². The molecule has 0 N–H and O–H groups in total. The molecule has 1 rings (SSSR count). The lowest BCUT2D eigenvalue weighted by molar-refractivity contribution is -0.0329. The van der Waals surface area contributed by atoms with E-state index in [9.17, 15) is 18.0 Å². The molecule has 0 radical (unpaired) electrons. The third kappa shape index (κ3) is 5.44. The zero-order valence-corrected chi connectivity index (χ0v) is 10.6. The summed E-state index contributed by atoms with van der Waals surface area (Å²) in [6.07, 6.45) is 0.728. The quantitative estimate of drug-likeness (QED) is 0.761. The number of carbonyl (C=O) groups is 1. The summed E-state index contributed by atoms with van der Waals surface area (Å²) in [4.78, 5) is 11.4. The minimum Gasteiger partial charge on any atom is -0.462 e. The third-order valence-corrected chi connectivity index (χ3v) is 2.83. The Balaban J connectivity index is 2.54. The molecule has 18 heavy (non-hydrogen) atoms. The van der Waals surface area contributed by atoms with Gasteiger partial charge in [0, 0.05) is 5.75 Å². The van der Waals surface area contributed by atoms with Crippen LogP contribution in [0.4, 0.5) is 13.2 Å². The number of halogens is 3. The molecule has 0 unspecified atom stereocenters. The fourth-order valence-electron chi connectivity index (χ4n) is 1.18. The van der Waals surface area contributed by atoms with Gasteiger partial charge >= 0.3 is 11.5 Å². The lowest BCUT2D eigenvalue weighted by Gasteiger charge is -2.06. The van der Waals surface area contributed by atoms with E-state index in [2.05, 4.69) is 0 Å². The molecule has 1 aromatic carbocycles. The largest absolute Gasteiger partial charge is 0.462 e. The lowest BCUT2D eigenvalue weighted by atomic mass is 10.1. The van der Waals surface area contributed by atoms with Crippen molar-refractivity contribution in [3.63, 3.8) is 0 Å². The Hall–Kier alpha value is -1.17. The summed E-state index contributed by atoms with van der Waals surface area (Å²) in [5, 5.41) is 0. The van der Waals surface area contributed by atoms with E-state index in [-0.39, 0.29) is 17.5 Å². The number of alkyl halides is 3. The normalized spacial score (nSPS) is 11.3. The van der Waals surface area contributed by atoms with Gasteiger partial charge < -0.3 is 4.74 Å². The zero-order chi connectivity index (χ0) is 13.6. The molecule has 0 saturated carbocycles. The molecule has 0 aliphatic rings. The summed E-state index contributed by atoms with van der Waals surface area (Å²) >= 11 is -0.101. The number of esters is 1. The maximum absolute atomic E-state index is 12.0. The van der Waals surface area contributed by atoms with Crippen LogP contribution in [0.1, 0.15) is 29.3 Å². The predicted octanol–water partition coefficient (Wildman–Crippen LogP) is 4.01. The van der Waals surface area contributed by atoms with Gasteiger partial charge in [0.15, 0.2) is 0 Å². The van der Waals surface area contributed by atoms with Crippen molar-refractivity contribution in [2.24, 2.45) is 0 Å². The van der Waals surface area contributed by atoms with Crippen molar-refractivity contribution in [1.29, 1.82) is 0 Å². The fourth-order valence-corrected chi connectivity index (χ4v) is 1.70. The molecule has 0 aliphatic heterocycles. The average Bonchev–Trinajstić information content (AvgIpc) is 2.33. The predicted molar refractivity (Wildman–Crippen MR) is 64.4 cm³/mol. The molecule has 0 aromatic heterocycles. The van der Waals surface area contributed by atoms with Gasteiger partial charge in [-0.15, -0.1) is 0 Å². The maximum Gasteiger partial charge on any atom is 0.442 e. The molecule has 6 heteroatoms. The van der Waals surface area contributed by atoms with Crippen LogP contribution in [0.15, 0.2) is 24.3 Å². The van der Waals surface area contributed by atoms with Gasteiger partial charge in [-0.05, 0) is 35.9 Å². The van der Waals surface area contributed by atoms with E-state index in [1.807, 2.05) is 6.92 Å². The Labute approximate surface area is 108 Å². The highest BCUT2D eigenvalue weighted by atomic mass is 32.2. The van der Waals surface area contributed by atoms with E-state index < -0.39 is 11.5 Å². The van der Waals surface area contributed by atoms with E-state index >= 15 is 0 Å². The molecular weight excluding hydrogens is 265 g/mol. The molecule has 0 aliphatic carbocycles. The van der Waals surface area contributed by atoms with Gasteiger partial charge in [-0.2, -0.15) is 13.2 Å². The fraction of sp³-hybridized carbons (Fsp3) is 0.417. The van der Waals surface area contributed by atoms with Gasteiger partial charge in [-0.25, -0.2) is 4.79 Å².